The van der Waals surface area contributed by atoms with E-state index in [9.17, 15) is 18.0 Å². The van der Waals surface area contributed by atoms with E-state index in [2.05, 4.69) is 26.6 Å². The topological polar surface area (TPSA) is 102 Å². The first kappa shape index (κ1) is 20.5. The van der Waals surface area contributed by atoms with E-state index in [1.807, 2.05) is 0 Å². The maximum atomic E-state index is 12.5. The molecule has 1 aliphatic rings. The molecule has 1 fully saturated rings. The number of benzene rings is 2. The lowest BCUT2D eigenvalue weighted by Gasteiger charge is -2.17. The first-order valence-electron chi connectivity index (χ1n) is 7.54. The van der Waals surface area contributed by atoms with E-state index in [1.165, 1.54) is 42.5 Å². The van der Waals surface area contributed by atoms with E-state index in [0.29, 0.717) is 9.50 Å². The van der Waals surface area contributed by atoms with Gasteiger partial charge in [0.15, 0.2) is 5.11 Å². The van der Waals surface area contributed by atoms with Crippen molar-refractivity contribution in [1.82, 2.24) is 10.6 Å². The largest absolute Gasteiger partial charge is 0.378 e. The third-order valence-electron chi connectivity index (χ3n) is 3.52. The van der Waals surface area contributed by atoms with Crippen LogP contribution in [0.15, 0.2) is 57.4 Å². The highest BCUT2D eigenvalue weighted by molar-refractivity contribution is 9.10. The van der Waals surface area contributed by atoms with E-state index < -0.39 is 21.9 Å². The second-order valence-corrected chi connectivity index (χ2v) is 8.78. The summed E-state index contributed by atoms with van der Waals surface area (Å²) in [6, 6.07) is 9.91. The first-order chi connectivity index (χ1) is 13.2. The number of hydrogen-bond acceptors (Lipinski definition) is 6. The fraction of sp³-hybridized carbons (Fsp3) is 0. The molecular formula is C17H10BrClN2O5S2. The van der Waals surface area contributed by atoms with Crippen LogP contribution in [-0.2, 0) is 19.7 Å². The zero-order valence-corrected chi connectivity index (χ0v) is 17.7. The van der Waals surface area contributed by atoms with Gasteiger partial charge in [-0.15, -0.1) is 0 Å². The maximum absolute atomic E-state index is 12.5. The van der Waals surface area contributed by atoms with Crippen molar-refractivity contribution < 1.29 is 22.2 Å². The van der Waals surface area contributed by atoms with Crippen molar-refractivity contribution in [2.45, 2.75) is 4.90 Å². The van der Waals surface area contributed by atoms with Gasteiger partial charge in [-0.25, -0.2) is 0 Å². The van der Waals surface area contributed by atoms with Crippen molar-refractivity contribution in [1.29, 1.82) is 0 Å². The Bertz CT molecular complexity index is 1110. The molecule has 2 aromatic carbocycles. The average molecular weight is 502 g/mol. The monoisotopic (exact) mass is 500 g/mol. The summed E-state index contributed by atoms with van der Waals surface area (Å²) in [6.45, 7) is 0. The molecule has 1 saturated heterocycles. The lowest BCUT2D eigenvalue weighted by Crippen LogP contribution is -2.51. The number of hydrogen-bond donors (Lipinski definition) is 2. The van der Waals surface area contributed by atoms with Crippen molar-refractivity contribution in [3.63, 3.8) is 0 Å². The molecule has 3 rings (SSSR count). The van der Waals surface area contributed by atoms with Crippen LogP contribution in [0.25, 0.3) is 6.08 Å². The molecule has 0 radical (unpaired) electrons. The minimum atomic E-state index is -4.17. The van der Waals surface area contributed by atoms with Crippen LogP contribution in [0.1, 0.15) is 5.56 Å². The molecule has 2 N–H and O–H groups in total. The summed E-state index contributed by atoms with van der Waals surface area (Å²) in [5.74, 6) is -1.49. The quantitative estimate of drug-likeness (QED) is 0.289. The SMILES string of the molecule is O=C1NC(=S)NC(=O)C1=Cc1cc(Br)ccc1OS(=O)(=O)c1ccc(Cl)cc1. The van der Waals surface area contributed by atoms with Crippen molar-refractivity contribution in [2.24, 2.45) is 0 Å². The molecule has 0 aliphatic carbocycles. The highest BCUT2D eigenvalue weighted by Gasteiger charge is 2.27. The summed E-state index contributed by atoms with van der Waals surface area (Å²) >= 11 is 13.8. The fourth-order valence-electron chi connectivity index (χ4n) is 2.24. The van der Waals surface area contributed by atoms with Crippen LogP contribution in [0.5, 0.6) is 5.75 Å². The zero-order chi connectivity index (χ0) is 20.5. The number of nitrogens with one attached hydrogen (secondary N) is 2. The van der Waals surface area contributed by atoms with Gasteiger partial charge < -0.3 is 4.18 Å². The molecule has 0 saturated carbocycles. The minimum absolute atomic E-state index is 0.0700. The second kappa shape index (κ2) is 8.00. The van der Waals surface area contributed by atoms with Crippen LogP contribution in [0, 0.1) is 0 Å². The summed E-state index contributed by atoms with van der Waals surface area (Å²) in [4.78, 5) is 24.0. The predicted molar refractivity (Wildman–Crippen MR) is 110 cm³/mol. The third-order valence-corrected chi connectivity index (χ3v) is 5.71. The average Bonchev–Trinajstić information content (AvgIpc) is 2.60. The summed E-state index contributed by atoms with van der Waals surface area (Å²) in [6.07, 6.45) is 1.21. The molecule has 0 unspecified atom stereocenters. The van der Waals surface area contributed by atoms with Crippen LogP contribution < -0.4 is 14.8 Å². The summed E-state index contributed by atoms with van der Waals surface area (Å²) in [7, 11) is -4.17. The highest BCUT2D eigenvalue weighted by Crippen LogP contribution is 2.29. The van der Waals surface area contributed by atoms with Gasteiger partial charge in [0.25, 0.3) is 11.8 Å². The molecule has 0 atom stereocenters. The maximum Gasteiger partial charge on any atom is 0.339 e. The molecule has 11 heteroatoms. The van der Waals surface area contributed by atoms with Gasteiger partial charge in [0.1, 0.15) is 16.2 Å². The normalized spacial score (nSPS) is 14.4. The molecule has 0 aromatic heterocycles. The predicted octanol–water partition coefficient (Wildman–Crippen LogP) is 2.78. The molecule has 2 aromatic rings. The van der Waals surface area contributed by atoms with E-state index >= 15 is 0 Å². The molecule has 28 heavy (non-hydrogen) atoms. The Labute approximate surface area is 179 Å². The van der Waals surface area contributed by atoms with Crippen LogP contribution in [0.4, 0.5) is 0 Å². The summed E-state index contributed by atoms with van der Waals surface area (Å²) < 4.78 is 30.9. The Hall–Kier alpha value is -2.27. The number of halogens is 2. The Morgan fingerprint density at radius 2 is 1.64 bits per heavy atom. The highest BCUT2D eigenvalue weighted by atomic mass is 79.9. The van der Waals surface area contributed by atoms with Crippen molar-refractivity contribution >= 4 is 72.9 Å². The molecule has 144 valence electrons. The molecule has 0 bridgehead atoms. The Kier molecular flexibility index (Phi) is 5.84. The molecule has 7 nitrogen and oxygen atoms in total. The number of carbonyl (C=O) groups excluding carboxylic acids is 2. The molecule has 2 amide bonds. The van der Waals surface area contributed by atoms with Gasteiger partial charge in [0.2, 0.25) is 0 Å². The Balaban J connectivity index is 2.01. The van der Waals surface area contributed by atoms with Crippen LogP contribution in [-0.4, -0.2) is 25.3 Å². The van der Waals surface area contributed by atoms with Gasteiger partial charge in [0.05, 0.1) is 0 Å². The molecule has 1 aliphatic heterocycles. The number of amides is 2. The second-order valence-electron chi connectivity index (χ2n) is 5.47. The number of carbonyl (C=O) groups is 2. The number of rotatable bonds is 4. The summed E-state index contributed by atoms with van der Waals surface area (Å²) in [5.41, 5.74) is -0.0551. The van der Waals surface area contributed by atoms with Gasteiger partial charge in [0, 0.05) is 15.1 Å². The lowest BCUT2D eigenvalue weighted by molar-refractivity contribution is -0.123. The van der Waals surface area contributed by atoms with Crippen LogP contribution >= 0.6 is 39.7 Å². The van der Waals surface area contributed by atoms with Crippen molar-refractivity contribution in [3.8, 4) is 5.75 Å². The Morgan fingerprint density at radius 1 is 1.04 bits per heavy atom. The van der Waals surface area contributed by atoms with E-state index in [4.69, 9.17) is 28.0 Å². The van der Waals surface area contributed by atoms with Gasteiger partial charge >= 0.3 is 10.1 Å². The van der Waals surface area contributed by atoms with Gasteiger partial charge in [-0.05, 0) is 60.8 Å². The first-order valence-corrected chi connectivity index (χ1v) is 10.5. The molecule has 0 spiro atoms. The van der Waals surface area contributed by atoms with E-state index in [1.54, 1.807) is 6.07 Å². The Morgan fingerprint density at radius 3 is 2.25 bits per heavy atom. The van der Waals surface area contributed by atoms with Gasteiger partial charge in [-0.1, -0.05) is 27.5 Å². The minimum Gasteiger partial charge on any atom is -0.378 e. The van der Waals surface area contributed by atoms with Gasteiger partial charge in [-0.2, -0.15) is 8.42 Å². The van der Waals surface area contributed by atoms with Crippen LogP contribution in [0.2, 0.25) is 5.02 Å². The fourth-order valence-corrected chi connectivity index (χ4v) is 3.88. The lowest BCUT2D eigenvalue weighted by atomic mass is 10.1. The standard InChI is InChI=1S/C17H10BrClN2O5S2/c18-10-1-6-14(26-28(24,25)12-4-2-11(19)3-5-12)9(7-10)8-13-15(22)20-17(27)21-16(13)23/h1-8H,(H2,20,21,22,23,27). The number of thiocarbonyl (C=S) groups is 1. The van der Waals surface area contributed by atoms with Gasteiger partial charge in [-0.3, -0.25) is 20.2 Å². The third kappa shape index (κ3) is 4.58. The smallest absolute Gasteiger partial charge is 0.339 e. The molecular weight excluding hydrogens is 492 g/mol. The molecule has 1 heterocycles. The van der Waals surface area contributed by atoms with E-state index in [0.717, 1.165) is 0 Å². The zero-order valence-electron chi connectivity index (χ0n) is 13.7. The van der Waals surface area contributed by atoms with E-state index in [-0.39, 0.29) is 26.9 Å². The van der Waals surface area contributed by atoms with Crippen LogP contribution in [0.3, 0.4) is 0 Å². The summed E-state index contributed by atoms with van der Waals surface area (Å²) in [5, 5.41) is 4.87. The van der Waals surface area contributed by atoms with Crippen molar-refractivity contribution in [3.05, 3.63) is 63.1 Å². The van der Waals surface area contributed by atoms with Crippen molar-refractivity contribution in [2.75, 3.05) is 0 Å².